The van der Waals surface area contributed by atoms with E-state index in [1.54, 1.807) is 0 Å². The van der Waals surface area contributed by atoms with E-state index in [0.717, 1.165) is 24.2 Å². The molecular formula is C25H24N2O3. The molecule has 1 fully saturated rings. The number of nitrogens with zero attached hydrogens (tertiary/aromatic N) is 1. The van der Waals surface area contributed by atoms with E-state index in [9.17, 15) is 9.59 Å². The summed E-state index contributed by atoms with van der Waals surface area (Å²) in [4.78, 5) is 25.5. The fourth-order valence-corrected chi connectivity index (χ4v) is 3.62. The Morgan fingerprint density at radius 3 is 2.07 bits per heavy atom. The highest BCUT2D eigenvalue weighted by Gasteiger charge is 2.32. The van der Waals surface area contributed by atoms with E-state index in [2.05, 4.69) is 22.3 Å². The molecule has 30 heavy (non-hydrogen) atoms. The average Bonchev–Trinajstić information content (AvgIpc) is 2.72. The molecule has 0 spiro atoms. The Morgan fingerprint density at radius 1 is 0.833 bits per heavy atom. The summed E-state index contributed by atoms with van der Waals surface area (Å²) in [6.07, 6.45) is 0.842. The van der Waals surface area contributed by atoms with Crippen LogP contribution in [0.5, 0.6) is 0 Å². The van der Waals surface area contributed by atoms with Crippen molar-refractivity contribution in [3.63, 3.8) is 0 Å². The van der Waals surface area contributed by atoms with Crippen LogP contribution in [0.3, 0.4) is 0 Å². The van der Waals surface area contributed by atoms with Crippen LogP contribution in [0.4, 0.5) is 5.69 Å². The summed E-state index contributed by atoms with van der Waals surface area (Å²) < 4.78 is 0. The van der Waals surface area contributed by atoms with E-state index in [4.69, 9.17) is 5.11 Å². The molecule has 2 N–H and O–H groups in total. The number of likely N-dealkylation sites (tertiary alicyclic amines) is 1. The lowest BCUT2D eigenvalue weighted by molar-refractivity contribution is -0.147. The molecule has 5 nitrogen and oxygen atoms in total. The first kappa shape index (κ1) is 19.9. The van der Waals surface area contributed by atoms with Crippen molar-refractivity contribution in [2.24, 2.45) is 5.92 Å². The molecule has 3 aromatic rings. The van der Waals surface area contributed by atoms with Gasteiger partial charge in [0.2, 0.25) is 0 Å². The summed E-state index contributed by atoms with van der Waals surface area (Å²) in [5.41, 5.74) is 4.87. The lowest BCUT2D eigenvalue weighted by atomic mass is 9.99. The highest BCUT2D eigenvalue weighted by Crippen LogP contribution is 2.20. The number of carboxylic acid groups (broad SMARTS) is 1. The van der Waals surface area contributed by atoms with Gasteiger partial charge in [-0.15, -0.1) is 0 Å². The normalized spacial score (nSPS) is 14.1. The number of amides is 1. The van der Waals surface area contributed by atoms with Crippen LogP contribution in [-0.2, 0) is 17.8 Å². The fraction of sp³-hybridized carbons (Fsp3) is 0.200. The van der Waals surface area contributed by atoms with Crippen molar-refractivity contribution < 1.29 is 14.7 Å². The maximum absolute atomic E-state index is 12.5. The molecule has 0 aliphatic carbocycles. The molecule has 0 atom stereocenters. The van der Waals surface area contributed by atoms with Crippen molar-refractivity contribution in [1.29, 1.82) is 0 Å². The van der Waals surface area contributed by atoms with Crippen molar-refractivity contribution in [2.75, 3.05) is 18.4 Å². The third-order valence-corrected chi connectivity index (χ3v) is 5.39. The molecule has 0 aromatic heterocycles. The van der Waals surface area contributed by atoms with Gasteiger partial charge in [-0.3, -0.25) is 14.5 Å². The molecule has 3 aromatic carbocycles. The molecule has 0 saturated carbocycles. The summed E-state index contributed by atoms with van der Waals surface area (Å²) in [6.45, 7) is 1.91. The third kappa shape index (κ3) is 4.93. The minimum atomic E-state index is -0.725. The number of hydrogen-bond acceptors (Lipinski definition) is 3. The van der Waals surface area contributed by atoms with Gasteiger partial charge in [-0.1, -0.05) is 54.6 Å². The molecule has 1 aliphatic heterocycles. The Kier molecular flexibility index (Phi) is 5.91. The van der Waals surface area contributed by atoms with E-state index in [1.807, 2.05) is 66.7 Å². The molecule has 0 unspecified atom stereocenters. The number of benzene rings is 3. The highest BCUT2D eigenvalue weighted by molar-refractivity contribution is 6.04. The summed E-state index contributed by atoms with van der Waals surface area (Å²) in [6, 6.07) is 25.6. The highest BCUT2D eigenvalue weighted by atomic mass is 16.4. The topological polar surface area (TPSA) is 69.6 Å². The van der Waals surface area contributed by atoms with Gasteiger partial charge in [0.1, 0.15) is 0 Å². The number of carbonyl (C=O) groups excluding carboxylic acids is 1. The zero-order valence-corrected chi connectivity index (χ0v) is 16.6. The Morgan fingerprint density at radius 2 is 1.43 bits per heavy atom. The Balaban J connectivity index is 1.30. The zero-order valence-electron chi connectivity index (χ0n) is 16.6. The van der Waals surface area contributed by atoms with Gasteiger partial charge in [-0.05, 0) is 47.4 Å². The predicted molar refractivity (Wildman–Crippen MR) is 116 cm³/mol. The van der Waals surface area contributed by atoms with Crippen molar-refractivity contribution in [1.82, 2.24) is 4.90 Å². The number of anilines is 1. The Hall–Kier alpha value is -3.44. The van der Waals surface area contributed by atoms with Gasteiger partial charge in [0.25, 0.3) is 5.91 Å². The molecule has 1 heterocycles. The minimum Gasteiger partial charge on any atom is -0.481 e. The quantitative estimate of drug-likeness (QED) is 0.628. The molecule has 1 saturated heterocycles. The molecular weight excluding hydrogens is 376 g/mol. The van der Waals surface area contributed by atoms with Crippen molar-refractivity contribution >= 4 is 17.6 Å². The lowest BCUT2D eigenvalue weighted by Crippen LogP contribution is -2.49. The molecule has 152 valence electrons. The number of hydrogen-bond donors (Lipinski definition) is 2. The lowest BCUT2D eigenvalue weighted by Gasteiger charge is -2.36. The SMILES string of the molecule is O=C(Nc1ccc(CN2CC(C(=O)O)C2)cc1)c1ccc(Cc2ccccc2)cc1. The molecule has 0 radical (unpaired) electrons. The third-order valence-electron chi connectivity index (χ3n) is 5.39. The summed E-state index contributed by atoms with van der Waals surface area (Å²) in [5.74, 6) is -1.11. The first-order valence-corrected chi connectivity index (χ1v) is 10.0. The van der Waals surface area contributed by atoms with Gasteiger partial charge >= 0.3 is 5.97 Å². The average molecular weight is 400 g/mol. The fourth-order valence-electron chi connectivity index (χ4n) is 3.62. The van der Waals surface area contributed by atoms with Gasteiger partial charge < -0.3 is 10.4 Å². The van der Waals surface area contributed by atoms with Crippen LogP contribution in [0.25, 0.3) is 0 Å². The zero-order chi connectivity index (χ0) is 20.9. The van der Waals surface area contributed by atoms with Crippen LogP contribution in [0.15, 0.2) is 78.9 Å². The van der Waals surface area contributed by atoms with E-state index < -0.39 is 5.97 Å². The van der Waals surface area contributed by atoms with Crippen LogP contribution in [0.2, 0.25) is 0 Å². The van der Waals surface area contributed by atoms with E-state index >= 15 is 0 Å². The van der Waals surface area contributed by atoms with Gasteiger partial charge in [-0.25, -0.2) is 0 Å². The van der Waals surface area contributed by atoms with Crippen LogP contribution in [0.1, 0.15) is 27.0 Å². The summed E-state index contributed by atoms with van der Waals surface area (Å²) in [7, 11) is 0. The number of carboxylic acids is 1. The molecule has 0 bridgehead atoms. The molecule has 1 aliphatic rings. The van der Waals surface area contributed by atoms with Crippen LogP contribution in [-0.4, -0.2) is 35.0 Å². The monoisotopic (exact) mass is 400 g/mol. The summed E-state index contributed by atoms with van der Waals surface area (Å²) >= 11 is 0. The molecule has 5 heteroatoms. The van der Waals surface area contributed by atoms with Crippen molar-refractivity contribution in [3.05, 3.63) is 101 Å². The number of nitrogens with one attached hydrogen (secondary N) is 1. The number of rotatable bonds is 7. The summed E-state index contributed by atoms with van der Waals surface area (Å²) in [5, 5.41) is 11.9. The number of carbonyl (C=O) groups is 2. The molecule has 4 rings (SSSR count). The Labute approximate surface area is 176 Å². The van der Waals surface area contributed by atoms with Gasteiger partial charge in [0.05, 0.1) is 5.92 Å². The largest absolute Gasteiger partial charge is 0.481 e. The second kappa shape index (κ2) is 8.93. The maximum atomic E-state index is 12.5. The van der Waals surface area contributed by atoms with Gasteiger partial charge in [0, 0.05) is 30.9 Å². The van der Waals surface area contributed by atoms with Gasteiger partial charge in [0.15, 0.2) is 0 Å². The standard InChI is InChI=1S/C25H24N2O3/c28-24(21-10-6-19(7-11-21)14-18-4-2-1-3-5-18)26-23-12-8-20(9-13-23)15-27-16-22(17-27)25(29)30/h1-13,22H,14-17H2,(H,26,28)(H,29,30). The van der Waals surface area contributed by atoms with Crippen LogP contribution >= 0.6 is 0 Å². The van der Waals surface area contributed by atoms with Crippen molar-refractivity contribution in [3.8, 4) is 0 Å². The first-order chi connectivity index (χ1) is 14.6. The maximum Gasteiger partial charge on any atom is 0.309 e. The van der Waals surface area contributed by atoms with E-state index in [1.165, 1.54) is 11.1 Å². The first-order valence-electron chi connectivity index (χ1n) is 10.0. The smallest absolute Gasteiger partial charge is 0.309 e. The van der Waals surface area contributed by atoms with Gasteiger partial charge in [-0.2, -0.15) is 0 Å². The van der Waals surface area contributed by atoms with Crippen LogP contribution < -0.4 is 5.32 Å². The van der Waals surface area contributed by atoms with Crippen molar-refractivity contribution in [2.45, 2.75) is 13.0 Å². The van der Waals surface area contributed by atoms with E-state index in [-0.39, 0.29) is 11.8 Å². The number of aliphatic carboxylic acids is 1. The molecule has 1 amide bonds. The van der Waals surface area contributed by atoms with Crippen LogP contribution in [0, 0.1) is 5.92 Å². The van der Waals surface area contributed by atoms with E-state index in [0.29, 0.717) is 18.7 Å². The Bertz CT molecular complexity index is 1010. The second-order valence-corrected chi connectivity index (χ2v) is 7.74. The minimum absolute atomic E-state index is 0.138. The second-order valence-electron chi connectivity index (χ2n) is 7.74. The predicted octanol–water partition coefficient (Wildman–Crippen LogP) is 4.05.